The highest BCUT2D eigenvalue weighted by molar-refractivity contribution is 6.01. The lowest BCUT2D eigenvalue weighted by Crippen LogP contribution is -2.46. The van der Waals surface area contributed by atoms with Gasteiger partial charge in [0.05, 0.1) is 29.1 Å². The minimum Gasteiger partial charge on any atom is -0.492 e. The number of hydrogen-bond acceptors (Lipinski definition) is 13. The summed E-state index contributed by atoms with van der Waals surface area (Å²) in [5.41, 5.74) is 23.7. The molecule has 0 fully saturated rings. The number of rotatable bonds is 17. The molecular formula is C52H60N8O7. The van der Waals surface area contributed by atoms with E-state index in [1.165, 1.54) is 11.9 Å². The van der Waals surface area contributed by atoms with Crippen molar-refractivity contribution in [2.24, 2.45) is 29.0 Å². The van der Waals surface area contributed by atoms with Gasteiger partial charge >= 0.3 is 0 Å². The zero-order valence-corrected chi connectivity index (χ0v) is 38.9. The van der Waals surface area contributed by atoms with Gasteiger partial charge in [0.15, 0.2) is 17.3 Å². The third-order valence-corrected chi connectivity index (χ3v) is 11.6. The maximum absolute atomic E-state index is 14.8. The Morgan fingerprint density at radius 3 is 2.12 bits per heavy atom. The van der Waals surface area contributed by atoms with Crippen molar-refractivity contribution in [1.82, 2.24) is 20.2 Å². The molecule has 1 aromatic heterocycles. The van der Waals surface area contributed by atoms with E-state index in [0.717, 1.165) is 16.7 Å². The van der Waals surface area contributed by atoms with Crippen LogP contribution >= 0.6 is 0 Å². The first-order valence-electron chi connectivity index (χ1n) is 22.4. The highest BCUT2D eigenvalue weighted by Crippen LogP contribution is 2.41. The van der Waals surface area contributed by atoms with Gasteiger partial charge in [-0.2, -0.15) is 5.26 Å². The first-order chi connectivity index (χ1) is 32.1. The molecule has 350 valence electrons. The van der Waals surface area contributed by atoms with Crippen LogP contribution in [0, 0.1) is 48.9 Å². The van der Waals surface area contributed by atoms with Gasteiger partial charge in [0.1, 0.15) is 30.8 Å². The van der Waals surface area contributed by atoms with Crippen molar-refractivity contribution in [2.45, 2.75) is 78.3 Å². The van der Waals surface area contributed by atoms with E-state index < -0.39 is 41.5 Å². The van der Waals surface area contributed by atoms with Crippen molar-refractivity contribution in [3.8, 4) is 40.5 Å². The SMILES string of the molecule is C=C(C)c1ccc(C#Cc2nc(C)c(C(=O)C[C@@H](CCN)C(=O)N(C)[C@@H]3C(=O)C[C@@H](C)C(=O)N[C@H](C(=O)CCC#N)Cc4ccc(OCCN)c(c4)-c4cc3ccc4OCCN)c(C)n2)cc1. The van der Waals surface area contributed by atoms with E-state index >= 15 is 0 Å². The largest absolute Gasteiger partial charge is 0.492 e. The molecule has 4 aromatic rings. The lowest BCUT2D eigenvalue weighted by atomic mass is 9.88. The van der Waals surface area contributed by atoms with Crippen molar-refractivity contribution in [3.63, 3.8) is 0 Å². The number of amides is 2. The first-order valence-corrected chi connectivity index (χ1v) is 22.4. The van der Waals surface area contributed by atoms with E-state index in [1.807, 2.05) is 43.3 Å². The van der Waals surface area contributed by atoms with Crippen LogP contribution in [0.15, 0.2) is 67.2 Å². The molecule has 5 rings (SSSR count). The number of aromatic nitrogens is 2. The third kappa shape index (κ3) is 13.1. The quantitative estimate of drug-likeness (QED) is 0.0795. The van der Waals surface area contributed by atoms with Gasteiger partial charge in [0.2, 0.25) is 17.6 Å². The van der Waals surface area contributed by atoms with E-state index in [9.17, 15) is 29.2 Å². The van der Waals surface area contributed by atoms with Crippen molar-refractivity contribution < 1.29 is 33.4 Å². The van der Waals surface area contributed by atoms with Crippen LogP contribution in [0.4, 0.5) is 0 Å². The molecule has 7 N–H and O–H groups in total. The van der Waals surface area contributed by atoms with E-state index in [4.69, 9.17) is 26.7 Å². The van der Waals surface area contributed by atoms with Crippen LogP contribution in [0.25, 0.3) is 16.7 Å². The summed E-state index contributed by atoms with van der Waals surface area (Å²) < 4.78 is 12.2. The third-order valence-electron chi connectivity index (χ3n) is 11.6. The molecule has 67 heavy (non-hydrogen) atoms. The van der Waals surface area contributed by atoms with Gasteiger partial charge in [-0.3, -0.25) is 24.0 Å². The zero-order valence-electron chi connectivity index (χ0n) is 38.9. The molecule has 2 amide bonds. The predicted octanol–water partition coefficient (Wildman–Crippen LogP) is 5.11. The van der Waals surface area contributed by atoms with Gasteiger partial charge in [0.25, 0.3) is 0 Å². The number of Topliss-reactive ketones (excluding diaryl/α,β-unsaturated/α-hetero) is 3. The predicted molar refractivity (Wildman–Crippen MR) is 256 cm³/mol. The summed E-state index contributed by atoms with van der Waals surface area (Å²) in [4.78, 5) is 81.4. The summed E-state index contributed by atoms with van der Waals surface area (Å²) in [6, 6.07) is 17.8. The number of carbonyl (C=O) groups is 5. The number of aryl methyl sites for hydroxylation is 2. The van der Waals surface area contributed by atoms with Crippen LogP contribution in [0.5, 0.6) is 11.5 Å². The molecule has 1 aliphatic heterocycles. The Hall–Kier alpha value is -7.04. The number of allylic oxidation sites excluding steroid dienone is 1. The summed E-state index contributed by atoms with van der Waals surface area (Å²) in [6.07, 6.45) is -0.472. The fourth-order valence-corrected chi connectivity index (χ4v) is 8.11. The Kier molecular flexibility index (Phi) is 18.2. The second kappa shape index (κ2) is 23.9. The topological polar surface area (TPSA) is 247 Å². The van der Waals surface area contributed by atoms with Crippen molar-refractivity contribution in [1.29, 1.82) is 5.26 Å². The lowest BCUT2D eigenvalue weighted by molar-refractivity contribution is -0.142. The number of nitrogens with one attached hydrogen (secondary N) is 1. The smallest absolute Gasteiger partial charge is 0.226 e. The molecule has 4 bridgehead atoms. The number of fused-ring (bicyclic) bond motifs is 5. The minimum atomic E-state index is -1.25. The number of carbonyl (C=O) groups excluding carboxylic acids is 5. The fourth-order valence-electron chi connectivity index (χ4n) is 8.11. The molecule has 2 heterocycles. The Morgan fingerprint density at radius 1 is 0.896 bits per heavy atom. The van der Waals surface area contributed by atoms with Gasteiger partial charge in [0, 0.05) is 74.3 Å². The number of hydrogen-bond donors (Lipinski definition) is 4. The number of nitriles is 1. The maximum atomic E-state index is 14.8. The molecule has 1 aliphatic rings. The Morgan fingerprint density at radius 2 is 1.52 bits per heavy atom. The fraction of sp³-hybridized carbons (Fsp3) is 0.385. The highest BCUT2D eigenvalue weighted by Gasteiger charge is 2.36. The van der Waals surface area contributed by atoms with Gasteiger partial charge in [-0.15, -0.1) is 0 Å². The number of nitrogens with zero attached hydrogens (tertiary/aromatic N) is 4. The number of nitrogens with two attached hydrogens (primary N) is 3. The van der Waals surface area contributed by atoms with E-state index in [2.05, 4.69) is 33.7 Å². The molecule has 0 aliphatic carbocycles. The van der Waals surface area contributed by atoms with Crippen molar-refractivity contribution in [2.75, 3.05) is 39.9 Å². The molecule has 15 heteroatoms. The molecule has 0 unspecified atom stereocenters. The zero-order chi connectivity index (χ0) is 48.8. The summed E-state index contributed by atoms with van der Waals surface area (Å²) in [6.45, 7) is 11.7. The number of likely N-dealkylation sites (N-methyl/N-ethyl adjacent to an activating group) is 1. The van der Waals surface area contributed by atoms with Gasteiger partial charge in [-0.25, -0.2) is 9.97 Å². The van der Waals surface area contributed by atoms with Crippen molar-refractivity contribution >= 4 is 34.7 Å². The van der Waals surface area contributed by atoms with Gasteiger partial charge < -0.3 is 36.9 Å². The molecule has 0 radical (unpaired) electrons. The van der Waals surface area contributed by atoms with Crippen LogP contribution in [0.2, 0.25) is 0 Å². The Bertz CT molecular complexity index is 2590. The Labute approximate surface area is 392 Å². The lowest BCUT2D eigenvalue weighted by Gasteiger charge is -2.32. The van der Waals surface area contributed by atoms with Crippen LogP contribution in [0.3, 0.4) is 0 Å². The second-order valence-corrected chi connectivity index (χ2v) is 16.8. The average Bonchev–Trinajstić information content (AvgIpc) is 3.30. The molecule has 0 saturated heterocycles. The molecule has 3 aromatic carbocycles. The summed E-state index contributed by atoms with van der Waals surface area (Å²) in [7, 11) is 1.49. The summed E-state index contributed by atoms with van der Waals surface area (Å²) in [5, 5.41) is 12.1. The van der Waals surface area contributed by atoms with Crippen LogP contribution < -0.4 is 32.0 Å². The standard InChI is InChI=1S/C52H60N8O7/c1-31(2)37-13-9-35(10-14-37)12-18-48-57-33(4)49(34(5)58-48)44(62)30-39(19-21-54)52(65)60(6)50-38-15-17-47(67-25-23-56)41(29-38)40-27-36(11-16-46(40)66-24-22-55)28-42(43(61)8-7-20-53)59-51(64)32(3)26-45(50)63/h9-11,13-17,27,29,32,39,42,50H,1,7-8,19,21-26,28,30,54-56H2,2-6H3,(H,59,64)/t32-,39-,42+,50+/m1/s1. The molecule has 15 nitrogen and oxygen atoms in total. The van der Waals surface area contributed by atoms with Crippen molar-refractivity contribution in [3.05, 3.63) is 112 Å². The number of benzene rings is 3. The van der Waals surface area contributed by atoms with E-state index in [1.54, 1.807) is 51.1 Å². The summed E-state index contributed by atoms with van der Waals surface area (Å²) >= 11 is 0. The van der Waals surface area contributed by atoms with Crippen LogP contribution in [-0.2, 0) is 25.6 Å². The molecule has 0 saturated carbocycles. The second-order valence-electron chi connectivity index (χ2n) is 16.8. The molecular weight excluding hydrogens is 849 g/mol. The van der Waals surface area contributed by atoms with Crippen LogP contribution in [0.1, 0.15) is 102 Å². The monoisotopic (exact) mass is 908 g/mol. The van der Waals surface area contributed by atoms with Gasteiger partial charge in [-0.05, 0) is 99.2 Å². The van der Waals surface area contributed by atoms with Gasteiger partial charge in [-0.1, -0.05) is 49.3 Å². The molecule has 0 spiro atoms. The minimum absolute atomic E-state index is 0.0367. The summed E-state index contributed by atoms with van der Waals surface area (Å²) in [5.74, 6) is 2.99. The van der Waals surface area contributed by atoms with Crippen LogP contribution in [-0.4, -0.2) is 90.0 Å². The average molecular weight is 909 g/mol. The highest BCUT2D eigenvalue weighted by atomic mass is 16.5. The number of ketones is 3. The maximum Gasteiger partial charge on any atom is 0.226 e. The van der Waals surface area contributed by atoms with E-state index in [0.29, 0.717) is 45.1 Å². The van der Waals surface area contributed by atoms with E-state index in [-0.39, 0.29) is 94.3 Å². The Balaban J connectivity index is 1.55. The normalized spacial score (nSPS) is 16.3. The number of ether oxygens (including phenoxy) is 2. The first kappa shape index (κ1) is 51.0. The molecule has 4 atom stereocenters.